The molecular formula is C12H16F3N3O2S. The van der Waals surface area contributed by atoms with Crippen molar-refractivity contribution in [3.05, 3.63) is 16.1 Å². The number of carbonyl (C=O) groups excluding carboxylic acids is 1. The highest BCUT2D eigenvalue weighted by Crippen LogP contribution is 2.30. The van der Waals surface area contributed by atoms with Crippen molar-refractivity contribution >= 4 is 17.4 Å². The van der Waals surface area contributed by atoms with E-state index in [2.05, 4.69) is 15.6 Å². The summed E-state index contributed by atoms with van der Waals surface area (Å²) in [7, 11) is 0. The second-order valence-corrected chi connectivity index (χ2v) is 6.03. The number of halogens is 3. The number of urea groups is 1. The molecule has 9 heteroatoms. The summed E-state index contributed by atoms with van der Waals surface area (Å²) in [6, 6.07) is -0.529. The molecule has 0 atom stereocenters. The average molecular weight is 323 g/mol. The van der Waals surface area contributed by atoms with Gasteiger partial charge in [0.05, 0.1) is 12.1 Å². The van der Waals surface area contributed by atoms with E-state index in [0.29, 0.717) is 12.8 Å². The molecule has 0 aliphatic heterocycles. The third kappa shape index (κ3) is 4.57. The summed E-state index contributed by atoms with van der Waals surface area (Å²) in [6.45, 7) is 0.0650. The summed E-state index contributed by atoms with van der Waals surface area (Å²) >= 11 is 0.838. The minimum Gasteiger partial charge on any atom is -0.388 e. The first kappa shape index (κ1) is 16.0. The van der Waals surface area contributed by atoms with Crippen LogP contribution in [-0.2, 0) is 12.7 Å². The van der Waals surface area contributed by atoms with Gasteiger partial charge in [0.1, 0.15) is 5.01 Å². The third-order valence-electron chi connectivity index (χ3n) is 3.35. The number of aromatic nitrogens is 1. The second-order valence-electron chi connectivity index (χ2n) is 5.09. The van der Waals surface area contributed by atoms with Crippen LogP contribution in [0.15, 0.2) is 5.38 Å². The van der Waals surface area contributed by atoms with Crippen LogP contribution in [0.1, 0.15) is 36.4 Å². The summed E-state index contributed by atoms with van der Waals surface area (Å²) in [5.74, 6) is 0. The van der Waals surface area contributed by atoms with Crippen molar-refractivity contribution in [3.8, 4) is 0 Å². The maximum absolute atomic E-state index is 12.4. The smallest absolute Gasteiger partial charge is 0.388 e. The fourth-order valence-electron chi connectivity index (χ4n) is 2.20. The molecule has 118 valence electrons. The van der Waals surface area contributed by atoms with Gasteiger partial charge in [-0.25, -0.2) is 9.78 Å². The van der Waals surface area contributed by atoms with Crippen LogP contribution in [0.2, 0.25) is 0 Å². The first-order valence-corrected chi connectivity index (χ1v) is 7.42. The zero-order valence-corrected chi connectivity index (χ0v) is 12.0. The SMILES string of the molecule is O=C(NCc1nc(C(F)(F)F)cs1)NCC1(O)CCCC1. The molecule has 1 aliphatic carbocycles. The van der Waals surface area contributed by atoms with Crippen molar-refractivity contribution in [1.29, 1.82) is 0 Å². The van der Waals surface area contributed by atoms with Gasteiger partial charge in [0.25, 0.3) is 0 Å². The molecule has 0 unspecified atom stereocenters. The van der Waals surface area contributed by atoms with Crippen LogP contribution in [0.5, 0.6) is 0 Å². The van der Waals surface area contributed by atoms with E-state index >= 15 is 0 Å². The van der Waals surface area contributed by atoms with Gasteiger partial charge >= 0.3 is 12.2 Å². The van der Waals surface area contributed by atoms with Crippen molar-refractivity contribution in [2.75, 3.05) is 6.54 Å². The number of nitrogens with one attached hydrogen (secondary N) is 2. The fourth-order valence-corrected chi connectivity index (χ4v) is 2.94. The number of hydrogen-bond donors (Lipinski definition) is 3. The molecule has 2 amide bonds. The van der Waals surface area contributed by atoms with Crippen LogP contribution < -0.4 is 10.6 Å². The van der Waals surface area contributed by atoms with Gasteiger partial charge in [-0.1, -0.05) is 12.8 Å². The topological polar surface area (TPSA) is 74.2 Å². The van der Waals surface area contributed by atoms with Crippen LogP contribution in [0.25, 0.3) is 0 Å². The highest BCUT2D eigenvalue weighted by Gasteiger charge is 2.34. The molecule has 1 aliphatic rings. The molecule has 0 spiro atoms. The van der Waals surface area contributed by atoms with Crippen molar-refractivity contribution in [2.24, 2.45) is 0 Å². The largest absolute Gasteiger partial charge is 0.434 e. The first-order chi connectivity index (χ1) is 9.78. The third-order valence-corrected chi connectivity index (χ3v) is 4.20. The molecule has 1 aromatic rings. The van der Waals surface area contributed by atoms with Gasteiger partial charge in [0.15, 0.2) is 5.69 Å². The summed E-state index contributed by atoms with van der Waals surface area (Å²) in [6.07, 6.45) is -1.32. The quantitative estimate of drug-likeness (QED) is 0.796. The number of hydrogen-bond acceptors (Lipinski definition) is 4. The molecule has 1 heterocycles. The van der Waals surface area contributed by atoms with Crippen LogP contribution in [0.4, 0.5) is 18.0 Å². The minimum absolute atomic E-state index is 0.0784. The Morgan fingerprint density at radius 2 is 2.05 bits per heavy atom. The summed E-state index contributed by atoms with van der Waals surface area (Å²) < 4.78 is 37.1. The Hall–Kier alpha value is -1.35. The Bertz CT molecular complexity index is 498. The lowest BCUT2D eigenvalue weighted by atomic mass is 10.0. The zero-order chi connectivity index (χ0) is 15.5. The number of aliphatic hydroxyl groups is 1. The van der Waals surface area contributed by atoms with Crippen LogP contribution in [0, 0.1) is 0 Å². The molecule has 0 radical (unpaired) electrons. The molecule has 2 rings (SSSR count). The Morgan fingerprint density at radius 3 is 2.62 bits per heavy atom. The molecule has 3 N–H and O–H groups in total. The molecular weight excluding hydrogens is 307 g/mol. The molecule has 21 heavy (non-hydrogen) atoms. The van der Waals surface area contributed by atoms with E-state index in [9.17, 15) is 23.1 Å². The van der Waals surface area contributed by atoms with Gasteiger partial charge in [-0.3, -0.25) is 0 Å². The highest BCUT2D eigenvalue weighted by molar-refractivity contribution is 7.09. The molecule has 1 saturated carbocycles. The maximum atomic E-state index is 12.4. The highest BCUT2D eigenvalue weighted by atomic mass is 32.1. The lowest BCUT2D eigenvalue weighted by Crippen LogP contribution is -2.44. The molecule has 1 aromatic heterocycles. The lowest BCUT2D eigenvalue weighted by molar-refractivity contribution is -0.140. The maximum Gasteiger partial charge on any atom is 0.434 e. The van der Waals surface area contributed by atoms with Crippen molar-refractivity contribution in [1.82, 2.24) is 15.6 Å². The van der Waals surface area contributed by atoms with Gasteiger partial charge in [-0.05, 0) is 12.8 Å². The number of thiazole rings is 1. The standard InChI is InChI=1S/C12H16F3N3O2S/c13-12(14,15)8-6-21-9(18-8)5-16-10(19)17-7-11(20)3-1-2-4-11/h6,20H,1-5,7H2,(H2,16,17,19). The number of alkyl halides is 3. The van der Waals surface area contributed by atoms with Crippen molar-refractivity contribution in [2.45, 2.75) is 44.0 Å². The Balaban J connectivity index is 1.75. The minimum atomic E-state index is -4.47. The van der Waals surface area contributed by atoms with Crippen LogP contribution in [0.3, 0.4) is 0 Å². The Kier molecular flexibility index (Phi) is 4.72. The summed E-state index contributed by atoms with van der Waals surface area (Å²) in [5, 5.41) is 16.1. The Morgan fingerprint density at radius 1 is 1.38 bits per heavy atom. The monoisotopic (exact) mass is 323 g/mol. The predicted molar refractivity (Wildman–Crippen MR) is 70.8 cm³/mol. The van der Waals surface area contributed by atoms with E-state index in [1.165, 1.54) is 0 Å². The number of amides is 2. The Labute approximate surface area is 123 Å². The van der Waals surface area contributed by atoms with E-state index in [1.54, 1.807) is 0 Å². The fraction of sp³-hybridized carbons (Fsp3) is 0.667. The van der Waals surface area contributed by atoms with Gasteiger partial charge < -0.3 is 15.7 Å². The second kappa shape index (κ2) is 6.18. The average Bonchev–Trinajstić information content (AvgIpc) is 3.03. The summed E-state index contributed by atoms with van der Waals surface area (Å²) in [4.78, 5) is 14.9. The molecule has 0 saturated heterocycles. The van der Waals surface area contributed by atoms with E-state index in [1.807, 2.05) is 0 Å². The lowest BCUT2D eigenvalue weighted by Gasteiger charge is -2.22. The van der Waals surface area contributed by atoms with Gasteiger partial charge in [0, 0.05) is 11.9 Å². The van der Waals surface area contributed by atoms with E-state index < -0.39 is 23.5 Å². The first-order valence-electron chi connectivity index (χ1n) is 6.54. The molecule has 5 nitrogen and oxygen atoms in total. The van der Waals surface area contributed by atoms with E-state index in [-0.39, 0.29) is 18.1 Å². The van der Waals surface area contributed by atoms with Gasteiger partial charge in [0.2, 0.25) is 0 Å². The van der Waals surface area contributed by atoms with Crippen LogP contribution >= 0.6 is 11.3 Å². The van der Waals surface area contributed by atoms with Crippen molar-refractivity contribution in [3.63, 3.8) is 0 Å². The van der Waals surface area contributed by atoms with Gasteiger partial charge in [-0.15, -0.1) is 11.3 Å². The van der Waals surface area contributed by atoms with Crippen molar-refractivity contribution < 1.29 is 23.1 Å². The molecule has 1 fully saturated rings. The zero-order valence-electron chi connectivity index (χ0n) is 11.2. The number of nitrogens with zero attached hydrogens (tertiary/aromatic N) is 1. The molecule has 0 bridgehead atoms. The normalized spacial score (nSPS) is 17.7. The number of carbonyl (C=O) groups is 1. The predicted octanol–water partition coefficient (Wildman–Crippen LogP) is 2.27. The number of rotatable bonds is 4. The van der Waals surface area contributed by atoms with Gasteiger partial charge in [-0.2, -0.15) is 13.2 Å². The van der Waals surface area contributed by atoms with E-state index in [0.717, 1.165) is 29.6 Å². The molecule has 0 aromatic carbocycles. The summed E-state index contributed by atoms with van der Waals surface area (Å²) in [5.41, 5.74) is -1.81. The van der Waals surface area contributed by atoms with Crippen LogP contribution in [-0.4, -0.2) is 28.3 Å². The van der Waals surface area contributed by atoms with E-state index in [4.69, 9.17) is 0 Å².